The van der Waals surface area contributed by atoms with Gasteiger partial charge in [0.05, 0.1) is 5.69 Å². The summed E-state index contributed by atoms with van der Waals surface area (Å²) in [5.41, 5.74) is 1.02. The summed E-state index contributed by atoms with van der Waals surface area (Å²) in [6.07, 6.45) is 7.87. The zero-order valence-corrected chi connectivity index (χ0v) is 15.5. The summed E-state index contributed by atoms with van der Waals surface area (Å²) in [4.78, 5) is 8.12. The van der Waals surface area contributed by atoms with Gasteiger partial charge in [-0.25, -0.2) is 13.8 Å². The van der Waals surface area contributed by atoms with Crippen LogP contribution in [-0.2, 0) is 13.0 Å². The minimum atomic E-state index is -2.81. The van der Waals surface area contributed by atoms with Crippen molar-refractivity contribution in [3.63, 3.8) is 0 Å². The highest BCUT2D eigenvalue weighted by molar-refractivity contribution is 7.13. The zero-order valence-electron chi connectivity index (χ0n) is 14.7. The molecule has 0 saturated heterocycles. The molecule has 2 aliphatic rings. The Hall–Kier alpha value is -0.750. The van der Waals surface area contributed by atoms with Crippen LogP contribution in [0.25, 0.3) is 0 Å². The first-order valence-electron chi connectivity index (χ1n) is 9.12. The van der Waals surface area contributed by atoms with Gasteiger partial charge in [-0.2, -0.15) is 0 Å². The first-order valence-corrected chi connectivity index (χ1v) is 9.94. The Morgan fingerprint density at radius 2 is 2.08 bits per heavy atom. The topological polar surface area (TPSA) is 25.4 Å². The summed E-state index contributed by atoms with van der Waals surface area (Å²) in [6, 6.07) is 0. The number of hydrogen-bond acceptors (Lipinski definition) is 4. The van der Waals surface area contributed by atoms with E-state index in [0.717, 1.165) is 50.5 Å². The maximum atomic E-state index is 12.9. The van der Waals surface area contributed by atoms with Gasteiger partial charge in [0, 0.05) is 31.4 Å². The van der Waals surface area contributed by atoms with E-state index in [1.54, 1.807) is 0 Å². The van der Waals surface area contributed by atoms with Crippen molar-refractivity contribution in [1.29, 1.82) is 0 Å². The van der Waals surface area contributed by atoms with E-state index in [9.17, 15) is 8.78 Å². The highest BCUT2D eigenvalue weighted by atomic mass is 32.1. The standard InChI is InChI=1S/C18H28F2N2OS/c1-13(14-6-4-3-5-7-14)10-22-9-8-16-15(11-22)21-17(24-16)23-12-18(2,19)20/h13-14H,3-12H2,1-2H3/t13-/m1/s1. The van der Waals surface area contributed by atoms with E-state index in [2.05, 4.69) is 16.8 Å². The quantitative estimate of drug-likeness (QED) is 0.734. The molecule has 1 saturated carbocycles. The van der Waals surface area contributed by atoms with Gasteiger partial charge < -0.3 is 4.74 Å². The average molecular weight is 358 g/mol. The Balaban J connectivity index is 1.53. The molecule has 1 aliphatic carbocycles. The molecule has 0 radical (unpaired) electrons. The molecule has 0 aromatic carbocycles. The second-order valence-electron chi connectivity index (χ2n) is 7.57. The van der Waals surface area contributed by atoms with Crippen LogP contribution in [0.5, 0.6) is 5.19 Å². The third kappa shape index (κ3) is 4.88. The number of aromatic nitrogens is 1. The summed E-state index contributed by atoms with van der Waals surface area (Å²) < 4.78 is 31.0. The molecule has 24 heavy (non-hydrogen) atoms. The largest absolute Gasteiger partial charge is 0.464 e. The molecule has 1 aromatic rings. The van der Waals surface area contributed by atoms with Crippen LogP contribution in [0.1, 0.15) is 56.5 Å². The molecule has 1 fully saturated rings. The Morgan fingerprint density at radius 3 is 2.79 bits per heavy atom. The van der Waals surface area contributed by atoms with Crippen molar-refractivity contribution in [2.45, 2.75) is 64.8 Å². The van der Waals surface area contributed by atoms with Gasteiger partial charge in [-0.3, -0.25) is 4.90 Å². The van der Waals surface area contributed by atoms with Crippen LogP contribution in [-0.4, -0.2) is 35.5 Å². The van der Waals surface area contributed by atoms with E-state index in [4.69, 9.17) is 4.74 Å². The number of fused-ring (bicyclic) bond motifs is 1. The maximum absolute atomic E-state index is 12.9. The fourth-order valence-electron chi connectivity index (χ4n) is 3.89. The number of alkyl halides is 2. The van der Waals surface area contributed by atoms with E-state index >= 15 is 0 Å². The Bertz CT molecular complexity index is 538. The molecule has 3 nitrogen and oxygen atoms in total. The van der Waals surface area contributed by atoms with Crippen molar-refractivity contribution in [2.24, 2.45) is 11.8 Å². The molecule has 0 spiro atoms. The van der Waals surface area contributed by atoms with Crippen molar-refractivity contribution >= 4 is 11.3 Å². The maximum Gasteiger partial charge on any atom is 0.278 e. The van der Waals surface area contributed by atoms with E-state index < -0.39 is 12.5 Å². The molecule has 0 unspecified atom stereocenters. The van der Waals surface area contributed by atoms with Gasteiger partial charge in [0.25, 0.3) is 11.1 Å². The predicted molar refractivity (Wildman–Crippen MR) is 93.0 cm³/mol. The van der Waals surface area contributed by atoms with Crippen LogP contribution in [0.4, 0.5) is 8.78 Å². The third-order valence-electron chi connectivity index (χ3n) is 5.24. The SMILES string of the molecule is C[C@H](CN1CCc2sc(OCC(C)(F)F)nc2C1)C1CCCCC1. The van der Waals surface area contributed by atoms with Gasteiger partial charge in [-0.1, -0.05) is 50.4 Å². The minimum Gasteiger partial charge on any atom is -0.464 e. The normalized spacial score (nSPS) is 21.5. The molecular formula is C18H28F2N2OS. The summed E-state index contributed by atoms with van der Waals surface area (Å²) in [5, 5.41) is 0.392. The van der Waals surface area contributed by atoms with E-state index in [1.165, 1.54) is 48.3 Å². The van der Waals surface area contributed by atoms with Gasteiger partial charge in [0.2, 0.25) is 0 Å². The lowest BCUT2D eigenvalue weighted by molar-refractivity contribution is -0.0230. The lowest BCUT2D eigenvalue weighted by Gasteiger charge is -2.33. The first-order chi connectivity index (χ1) is 11.4. The molecule has 1 atom stereocenters. The Morgan fingerprint density at radius 1 is 1.33 bits per heavy atom. The Kier molecular flexibility index (Phi) is 5.75. The third-order valence-corrected chi connectivity index (χ3v) is 6.31. The summed E-state index contributed by atoms with van der Waals surface area (Å²) >= 11 is 1.43. The number of thiazole rings is 1. The molecule has 0 N–H and O–H groups in total. The number of nitrogens with zero attached hydrogens (tertiary/aromatic N) is 2. The lowest BCUT2D eigenvalue weighted by atomic mass is 9.80. The number of rotatable bonds is 6. The number of halogens is 2. The van der Waals surface area contributed by atoms with Crippen molar-refractivity contribution < 1.29 is 13.5 Å². The smallest absolute Gasteiger partial charge is 0.278 e. The van der Waals surface area contributed by atoms with Crippen molar-refractivity contribution in [3.05, 3.63) is 10.6 Å². The highest BCUT2D eigenvalue weighted by Gasteiger charge is 2.27. The first kappa shape index (κ1) is 18.1. The molecule has 1 aliphatic heterocycles. The van der Waals surface area contributed by atoms with Crippen LogP contribution in [0.15, 0.2) is 0 Å². The molecule has 3 rings (SSSR count). The lowest BCUT2D eigenvalue weighted by Crippen LogP contribution is -2.36. The van der Waals surface area contributed by atoms with Crippen LogP contribution in [0.3, 0.4) is 0 Å². The fraction of sp³-hybridized carbons (Fsp3) is 0.833. The van der Waals surface area contributed by atoms with Crippen LogP contribution >= 0.6 is 11.3 Å². The molecular weight excluding hydrogens is 330 g/mol. The van der Waals surface area contributed by atoms with Crippen molar-refractivity contribution in [1.82, 2.24) is 9.88 Å². The summed E-state index contributed by atoms with van der Waals surface area (Å²) in [7, 11) is 0. The van der Waals surface area contributed by atoms with Crippen molar-refractivity contribution in [2.75, 3.05) is 19.7 Å². The minimum absolute atomic E-state index is 0.392. The van der Waals surface area contributed by atoms with Crippen molar-refractivity contribution in [3.8, 4) is 5.19 Å². The molecule has 136 valence electrons. The number of hydrogen-bond donors (Lipinski definition) is 0. The summed E-state index contributed by atoms with van der Waals surface area (Å²) in [6.45, 7) is 5.64. The Labute approximate surface area is 147 Å². The number of ether oxygens (including phenoxy) is 1. The molecule has 1 aromatic heterocycles. The van der Waals surface area contributed by atoms with Crippen LogP contribution < -0.4 is 4.74 Å². The van der Waals surface area contributed by atoms with Crippen LogP contribution in [0, 0.1) is 11.8 Å². The molecule has 0 amide bonds. The summed E-state index contributed by atoms with van der Waals surface area (Å²) in [5.74, 6) is -1.23. The molecule has 0 bridgehead atoms. The monoisotopic (exact) mass is 358 g/mol. The van der Waals surface area contributed by atoms with E-state index in [0.29, 0.717) is 5.19 Å². The van der Waals surface area contributed by atoms with E-state index in [1.807, 2.05) is 0 Å². The van der Waals surface area contributed by atoms with Gasteiger partial charge in [-0.15, -0.1) is 0 Å². The molecule has 2 heterocycles. The second kappa shape index (κ2) is 7.65. The van der Waals surface area contributed by atoms with Crippen LogP contribution in [0.2, 0.25) is 0 Å². The molecule has 6 heteroatoms. The van der Waals surface area contributed by atoms with Gasteiger partial charge in [0.1, 0.15) is 0 Å². The highest BCUT2D eigenvalue weighted by Crippen LogP contribution is 2.33. The fourth-order valence-corrected chi connectivity index (χ4v) is 4.80. The van der Waals surface area contributed by atoms with Gasteiger partial charge >= 0.3 is 0 Å². The van der Waals surface area contributed by atoms with E-state index in [-0.39, 0.29) is 0 Å². The zero-order chi connectivity index (χ0) is 17.2. The second-order valence-corrected chi connectivity index (χ2v) is 8.62. The predicted octanol–water partition coefficient (Wildman–Crippen LogP) is 4.75. The van der Waals surface area contributed by atoms with Gasteiger partial charge in [0.15, 0.2) is 6.61 Å². The van der Waals surface area contributed by atoms with Gasteiger partial charge in [-0.05, 0) is 18.3 Å². The average Bonchev–Trinajstić information content (AvgIpc) is 2.95.